The number of nitrogens with zero attached hydrogens (tertiary/aromatic N) is 2. The van der Waals surface area contributed by atoms with E-state index < -0.39 is 29.4 Å². The fourth-order valence-electron chi connectivity index (χ4n) is 5.41. The number of aliphatic hydroxyl groups excluding tert-OH is 1. The smallest absolute Gasteiger partial charge is 0.410 e. The number of carboxylic acid groups (broad SMARTS) is 1. The van der Waals surface area contributed by atoms with E-state index in [0.29, 0.717) is 25.7 Å². The molecule has 0 aliphatic rings. The Morgan fingerprint density at radius 2 is 1.08 bits per heavy atom. The van der Waals surface area contributed by atoms with E-state index in [-0.39, 0.29) is 57.2 Å². The van der Waals surface area contributed by atoms with E-state index in [4.69, 9.17) is 19.3 Å². The van der Waals surface area contributed by atoms with Crippen LogP contribution in [0.25, 0.3) is 0 Å². The van der Waals surface area contributed by atoms with Crippen molar-refractivity contribution in [1.29, 1.82) is 0 Å². The maximum absolute atomic E-state index is 13.2. The molecule has 2 amide bonds. The van der Waals surface area contributed by atoms with E-state index in [1.807, 2.05) is 65.8 Å². The van der Waals surface area contributed by atoms with Crippen molar-refractivity contribution in [2.45, 2.75) is 169 Å². The predicted octanol–water partition coefficient (Wildman–Crippen LogP) is 9.54. The molecule has 0 rings (SSSR count). The molecule has 0 aromatic rings. The second kappa shape index (κ2) is 28.8. The van der Waals surface area contributed by atoms with Gasteiger partial charge in [-0.25, -0.2) is 9.59 Å². The van der Waals surface area contributed by atoms with E-state index in [2.05, 4.69) is 38.2 Å². The SMILES string of the molecule is CCC[C@@H](C/C=C\C/C=C\CCCC(=O)OCCN(C(=O)OC(C)(C)C)[C@H](C/C=C\C/C=C\CCCC(=O)O)CCC)N(CCO)C(=O)OC(C)(C)C. The Hall–Kier alpha value is -3.60. The molecule has 0 unspecified atom stereocenters. The number of hydrogen-bond donors (Lipinski definition) is 2. The van der Waals surface area contributed by atoms with Crippen LogP contribution in [0.4, 0.5) is 9.59 Å². The van der Waals surface area contributed by atoms with Crippen molar-refractivity contribution in [2.75, 3.05) is 26.3 Å². The van der Waals surface area contributed by atoms with Crippen LogP contribution in [-0.4, -0.2) is 93.7 Å². The zero-order chi connectivity index (χ0) is 40.1. The third-order valence-electron chi connectivity index (χ3n) is 7.86. The van der Waals surface area contributed by atoms with Gasteiger partial charge in [-0.1, -0.05) is 75.3 Å². The maximum Gasteiger partial charge on any atom is 0.410 e. The van der Waals surface area contributed by atoms with Gasteiger partial charge in [-0.05, 0) is 106 Å². The number of carbonyl (C=O) groups excluding carboxylic acids is 3. The first-order chi connectivity index (χ1) is 25.0. The summed E-state index contributed by atoms with van der Waals surface area (Å²) < 4.78 is 16.8. The molecule has 0 bridgehead atoms. The van der Waals surface area contributed by atoms with Crippen LogP contribution >= 0.6 is 0 Å². The van der Waals surface area contributed by atoms with Crippen LogP contribution in [0.2, 0.25) is 0 Å². The minimum absolute atomic E-state index is 0.0541. The van der Waals surface area contributed by atoms with E-state index in [9.17, 15) is 24.3 Å². The van der Waals surface area contributed by atoms with E-state index in [0.717, 1.165) is 51.4 Å². The highest BCUT2D eigenvalue weighted by Crippen LogP contribution is 2.19. The first-order valence-corrected chi connectivity index (χ1v) is 19.6. The molecule has 2 atom stereocenters. The second-order valence-electron chi connectivity index (χ2n) is 15.2. The Balaban J connectivity index is 4.90. The highest BCUT2D eigenvalue weighted by Gasteiger charge is 2.28. The zero-order valence-corrected chi connectivity index (χ0v) is 34.1. The van der Waals surface area contributed by atoms with Gasteiger partial charge < -0.3 is 34.2 Å². The van der Waals surface area contributed by atoms with Crippen molar-refractivity contribution >= 4 is 24.1 Å². The molecule has 0 radical (unpaired) electrons. The average molecular weight is 749 g/mol. The molecule has 11 heteroatoms. The molecule has 2 N–H and O–H groups in total. The summed E-state index contributed by atoms with van der Waals surface area (Å²) in [5.74, 6) is -1.08. The molecule has 0 aromatic heterocycles. The summed E-state index contributed by atoms with van der Waals surface area (Å²) in [6.45, 7) is 15.6. The fourth-order valence-corrected chi connectivity index (χ4v) is 5.41. The van der Waals surface area contributed by atoms with E-state index in [1.165, 1.54) is 0 Å². The Bertz CT molecular complexity index is 1150. The number of unbranched alkanes of at least 4 members (excludes halogenated alkanes) is 2. The number of ether oxygens (including phenoxy) is 3. The summed E-state index contributed by atoms with van der Waals surface area (Å²) in [5.41, 5.74) is -1.26. The predicted molar refractivity (Wildman–Crippen MR) is 212 cm³/mol. The largest absolute Gasteiger partial charge is 0.481 e. The molecule has 0 saturated heterocycles. The third kappa shape index (κ3) is 27.6. The molecular formula is C42H72N2O9. The van der Waals surface area contributed by atoms with Crippen molar-refractivity contribution in [1.82, 2.24) is 9.80 Å². The summed E-state index contributed by atoms with van der Waals surface area (Å²) in [6.07, 6.45) is 24.8. The van der Waals surface area contributed by atoms with Crippen LogP contribution in [-0.2, 0) is 23.8 Å². The van der Waals surface area contributed by atoms with Crippen LogP contribution in [0, 0.1) is 0 Å². The van der Waals surface area contributed by atoms with Crippen LogP contribution in [0.15, 0.2) is 48.6 Å². The lowest BCUT2D eigenvalue weighted by Crippen LogP contribution is -2.45. The van der Waals surface area contributed by atoms with Crippen LogP contribution in [0.3, 0.4) is 0 Å². The topological polar surface area (TPSA) is 143 Å². The lowest BCUT2D eigenvalue weighted by atomic mass is 10.1. The summed E-state index contributed by atoms with van der Waals surface area (Å²) in [6, 6.07) is -0.160. The number of hydrogen-bond acceptors (Lipinski definition) is 8. The Labute approximate surface area is 320 Å². The van der Waals surface area contributed by atoms with Gasteiger partial charge in [0, 0.05) is 31.5 Å². The average Bonchev–Trinajstić information content (AvgIpc) is 3.05. The molecule has 0 aromatic carbocycles. The molecular weight excluding hydrogens is 676 g/mol. The number of amides is 2. The molecule has 0 heterocycles. The number of carbonyl (C=O) groups is 4. The van der Waals surface area contributed by atoms with Crippen LogP contribution in [0.5, 0.6) is 0 Å². The zero-order valence-electron chi connectivity index (χ0n) is 34.1. The van der Waals surface area contributed by atoms with Gasteiger partial charge in [0.25, 0.3) is 0 Å². The van der Waals surface area contributed by atoms with Crippen molar-refractivity contribution in [2.24, 2.45) is 0 Å². The second-order valence-corrected chi connectivity index (χ2v) is 15.2. The van der Waals surface area contributed by atoms with Gasteiger partial charge in [0.15, 0.2) is 0 Å². The normalized spacial score (nSPS) is 13.5. The van der Waals surface area contributed by atoms with Crippen molar-refractivity contribution < 1.29 is 43.6 Å². The van der Waals surface area contributed by atoms with Gasteiger partial charge in [-0.3, -0.25) is 9.59 Å². The first kappa shape index (κ1) is 49.4. The number of allylic oxidation sites excluding steroid dienone is 6. The minimum Gasteiger partial charge on any atom is -0.481 e. The standard InChI is InChI=1S/C42H72N2O9/c1-9-25-35(43(31-33-45)39(49)52-41(3,4)5)27-21-17-14-12-16-20-24-30-38(48)51-34-32-44(40(50)53-42(6,7)8)36(26-10-2)28-22-18-13-11-15-19-23-29-37(46)47/h11-12,15-18,21-22,35-36,45H,9-10,13-14,19-20,23-34H2,1-8H3,(H,46,47)/b15-11-,16-12-,21-17-,22-18-/t35-,36-/m0/s1. The summed E-state index contributed by atoms with van der Waals surface area (Å²) in [5, 5.41) is 18.3. The first-order valence-electron chi connectivity index (χ1n) is 19.6. The van der Waals surface area contributed by atoms with E-state index in [1.54, 1.807) is 9.80 Å². The molecule has 11 nitrogen and oxygen atoms in total. The van der Waals surface area contributed by atoms with Gasteiger partial charge in [0.1, 0.15) is 17.8 Å². The number of rotatable bonds is 27. The lowest BCUT2D eigenvalue weighted by molar-refractivity contribution is -0.144. The van der Waals surface area contributed by atoms with Crippen molar-refractivity contribution in [3.05, 3.63) is 48.6 Å². The molecule has 304 valence electrons. The monoisotopic (exact) mass is 749 g/mol. The summed E-state index contributed by atoms with van der Waals surface area (Å²) >= 11 is 0. The van der Waals surface area contributed by atoms with Crippen LogP contribution in [0.1, 0.15) is 145 Å². The highest BCUT2D eigenvalue weighted by atomic mass is 16.6. The van der Waals surface area contributed by atoms with Crippen molar-refractivity contribution in [3.8, 4) is 0 Å². The Morgan fingerprint density at radius 1 is 0.642 bits per heavy atom. The summed E-state index contributed by atoms with van der Waals surface area (Å²) in [7, 11) is 0. The van der Waals surface area contributed by atoms with E-state index >= 15 is 0 Å². The number of aliphatic carboxylic acids is 1. The maximum atomic E-state index is 13.2. The number of aliphatic hydroxyl groups is 1. The molecule has 0 fully saturated rings. The summed E-state index contributed by atoms with van der Waals surface area (Å²) in [4.78, 5) is 52.4. The minimum atomic E-state index is -0.783. The quantitative estimate of drug-likeness (QED) is 0.0363. The molecule has 0 aliphatic carbocycles. The lowest BCUT2D eigenvalue weighted by Gasteiger charge is -2.33. The van der Waals surface area contributed by atoms with Gasteiger partial charge in [-0.2, -0.15) is 0 Å². The highest BCUT2D eigenvalue weighted by molar-refractivity contribution is 5.70. The Morgan fingerprint density at radius 3 is 1.49 bits per heavy atom. The molecule has 0 aliphatic heterocycles. The number of carboxylic acids is 1. The van der Waals surface area contributed by atoms with Gasteiger partial charge in [0.2, 0.25) is 0 Å². The molecule has 0 spiro atoms. The third-order valence-corrected chi connectivity index (χ3v) is 7.86. The van der Waals surface area contributed by atoms with Crippen LogP contribution < -0.4 is 0 Å². The van der Waals surface area contributed by atoms with Gasteiger partial charge >= 0.3 is 24.1 Å². The molecule has 53 heavy (non-hydrogen) atoms. The van der Waals surface area contributed by atoms with Gasteiger partial charge in [-0.15, -0.1) is 0 Å². The Kier molecular flexibility index (Phi) is 26.9. The van der Waals surface area contributed by atoms with Gasteiger partial charge in [0.05, 0.1) is 13.2 Å². The molecule has 0 saturated carbocycles. The number of esters is 1. The fraction of sp³-hybridized carbons (Fsp3) is 0.714. The van der Waals surface area contributed by atoms with Crippen molar-refractivity contribution in [3.63, 3.8) is 0 Å².